The van der Waals surface area contributed by atoms with Gasteiger partial charge in [-0.25, -0.2) is 19.2 Å². The highest BCUT2D eigenvalue weighted by Crippen LogP contribution is 2.41. The molecule has 46 heavy (non-hydrogen) atoms. The zero-order valence-corrected chi connectivity index (χ0v) is 22.9. The topological polar surface area (TPSA) is 318 Å². The molecule has 18 heteroatoms. The van der Waals surface area contributed by atoms with Crippen LogP contribution in [0.3, 0.4) is 0 Å². The summed E-state index contributed by atoms with van der Waals surface area (Å²) in [6.45, 7) is 0. The summed E-state index contributed by atoms with van der Waals surface area (Å²) in [5.74, 6) is -15.1. The number of benzene rings is 3. The van der Waals surface area contributed by atoms with Crippen molar-refractivity contribution < 1.29 is 89.6 Å². The third-order valence-corrected chi connectivity index (χ3v) is 6.93. The van der Waals surface area contributed by atoms with Crippen LogP contribution in [0.4, 0.5) is 0 Å². The second-order valence-electron chi connectivity index (χ2n) is 10.1. The van der Waals surface area contributed by atoms with Gasteiger partial charge in [0.1, 0.15) is 18.3 Å². The molecule has 18 nitrogen and oxygen atoms in total. The van der Waals surface area contributed by atoms with Crippen LogP contribution < -0.4 is 0 Å². The van der Waals surface area contributed by atoms with Gasteiger partial charge in [-0.3, -0.25) is 0 Å². The highest BCUT2D eigenvalue weighted by Gasteiger charge is 2.56. The lowest BCUT2D eigenvalue weighted by molar-refractivity contribution is -0.188. The van der Waals surface area contributed by atoms with Crippen LogP contribution in [0.2, 0.25) is 0 Å². The van der Waals surface area contributed by atoms with Crippen LogP contribution >= 0.6 is 0 Å². The van der Waals surface area contributed by atoms with Gasteiger partial charge in [0.15, 0.2) is 51.7 Å². The summed E-state index contributed by atoms with van der Waals surface area (Å²) in [4.78, 5) is 51.4. The number of aliphatic carboxylic acids is 1. The molecule has 3 aromatic carbocycles. The Kier molecular flexibility index (Phi) is 8.51. The summed E-state index contributed by atoms with van der Waals surface area (Å²) in [6.07, 6.45) is -8.11. The van der Waals surface area contributed by atoms with Gasteiger partial charge in [0, 0.05) is 12.8 Å². The maximum atomic E-state index is 13.0. The van der Waals surface area contributed by atoms with Crippen molar-refractivity contribution in [1.82, 2.24) is 0 Å². The molecule has 1 fully saturated rings. The lowest BCUT2D eigenvalue weighted by atomic mass is 9.79. The molecule has 0 aromatic heterocycles. The van der Waals surface area contributed by atoms with Crippen LogP contribution in [0.25, 0.3) is 0 Å². The van der Waals surface area contributed by atoms with Gasteiger partial charge in [-0.2, -0.15) is 0 Å². The Morgan fingerprint density at radius 1 is 0.543 bits per heavy atom. The maximum absolute atomic E-state index is 13.0. The van der Waals surface area contributed by atoms with Crippen LogP contribution in [0.5, 0.6) is 51.7 Å². The molecule has 11 N–H and O–H groups in total. The van der Waals surface area contributed by atoms with E-state index in [1.165, 1.54) is 0 Å². The fourth-order valence-electron chi connectivity index (χ4n) is 4.55. The zero-order chi connectivity index (χ0) is 34.2. The second kappa shape index (κ2) is 12.0. The van der Waals surface area contributed by atoms with E-state index in [1.807, 2.05) is 0 Å². The summed E-state index contributed by atoms with van der Waals surface area (Å²) in [7, 11) is 0. The average molecular weight is 648 g/mol. The van der Waals surface area contributed by atoms with Gasteiger partial charge in [-0.05, 0) is 36.4 Å². The van der Waals surface area contributed by atoms with Gasteiger partial charge in [-0.15, -0.1) is 0 Å². The highest BCUT2D eigenvalue weighted by molar-refractivity contribution is 5.94. The highest BCUT2D eigenvalue weighted by atomic mass is 16.6. The van der Waals surface area contributed by atoms with Crippen molar-refractivity contribution in [3.05, 3.63) is 53.1 Å². The van der Waals surface area contributed by atoms with Crippen molar-refractivity contribution in [2.24, 2.45) is 0 Å². The van der Waals surface area contributed by atoms with E-state index in [0.29, 0.717) is 36.4 Å². The lowest BCUT2D eigenvalue weighted by Crippen LogP contribution is -2.59. The Bertz CT molecular complexity index is 1600. The quantitative estimate of drug-likeness (QED) is 0.0950. The number of hydrogen-bond acceptors (Lipinski definition) is 17. The molecule has 0 aliphatic heterocycles. The van der Waals surface area contributed by atoms with E-state index in [1.54, 1.807) is 0 Å². The van der Waals surface area contributed by atoms with Crippen molar-refractivity contribution >= 4 is 23.9 Å². The number of phenols is 9. The molecule has 0 spiro atoms. The number of carbonyl (C=O) groups is 4. The Balaban J connectivity index is 1.72. The molecular formula is C28H24O18. The minimum absolute atomic E-state index is 0.609. The van der Waals surface area contributed by atoms with E-state index in [4.69, 9.17) is 14.2 Å². The fraction of sp³-hybridized carbons (Fsp3) is 0.214. The van der Waals surface area contributed by atoms with Crippen LogP contribution in [-0.2, 0) is 19.0 Å². The van der Waals surface area contributed by atoms with Crippen molar-refractivity contribution in [3.63, 3.8) is 0 Å². The predicted octanol–water partition coefficient (Wildman–Crippen LogP) is 0.623. The van der Waals surface area contributed by atoms with Crippen molar-refractivity contribution in [3.8, 4) is 51.7 Å². The van der Waals surface area contributed by atoms with Crippen molar-refractivity contribution in [2.45, 2.75) is 36.8 Å². The van der Waals surface area contributed by atoms with Crippen LogP contribution in [0, 0.1) is 0 Å². The smallest absolute Gasteiger partial charge is 0.348 e. The molecule has 0 radical (unpaired) electrons. The number of aliphatic hydroxyl groups excluding tert-OH is 1. The zero-order valence-electron chi connectivity index (χ0n) is 22.9. The summed E-state index contributed by atoms with van der Waals surface area (Å²) >= 11 is 0. The molecule has 2 unspecified atom stereocenters. The first-order chi connectivity index (χ1) is 21.4. The third kappa shape index (κ3) is 6.17. The third-order valence-electron chi connectivity index (χ3n) is 6.93. The van der Waals surface area contributed by atoms with Gasteiger partial charge in [0.2, 0.25) is 5.60 Å². The minimum Gasteiger partial charge on any atom is -0.504 e. The van der Waals surface area contributed by atoms with E-state index >= 15 is 0 Å². The van der Waals surface area contributed by atoms with Crippen LogP contribution in [0.15, 0.2) is 36.4 Å². The first kappa shape index (κ1) is 32.6. The Hall–Kier alpha value is -6.30. The molecule has 3 aromatic rings. The average Bonchev–Trinajstić information content (AvgIpc) is 2.98. The molecule has 0 bridgehead atoms. The number of aliphatic hydroxyl groups is 1. The van der Waals surface area contributed by atoms with Crippen LogP contribution in [-0.4, -0.2) is 104 Å². The Labute approximate surface area is 255 Å². The number of esters is 3. The lowest BCUT2D eigenvalue weighted by Gasteiger charge is -2.42. The molecule has 0 saturated heterocycles. The largest absolute Gasteiger partial charge is 0.504 e. The molecule has 4 rings (SSSR count). The first-order valence-corrected chi connectivity index (χ1v) is 12.8. The number of hydrogen-bond donors (Lipinski definition) is 11. The number of aromatic hydroxyl groups is 9. The molecule has 1 saturated carbocycles. The fourth-order valence-corrected chi connectivity index (χ4v) is 4.55. The van der Waals surface area contributed by atoms with Crippen LogP contribution in [0.1, 0.15) is 43.9 Å². The monoisotopic (exact) mass is 648 g/mol. The molecule has 1 aliphatic rings. The van der Waals surface area contributed by atoms with Gasteiger partial charge < -0.3 is 70.4 Å². The SMILES string of the molecule is O=C(OC1CC(OC(=O)c2cc(O)c(O)c(O)c2)(C(=O)O)CC(OC(=O)c2cc(O)c(O)c(O)c2)C1O)c1cc(O)c(O)c(O)c1. The molecule has 0 heterocycles. The van der Waals surface area contributed by atoms with E-state index < -0.39 is 129 Å². The molecule has 2 atom stereocenters. The summed E-state index contributed by atoms with van der Waals surface area (Å²) in [5, 5.41) is 108. The standard InChI is InChI=1S/C28H24O18/c29-12-1-9(2-13(30)20(12)35)24(39)44-18-7-28(27(42)43,46-26(41)11-5-16(33)22(37)17(34)6-11)8-19(23(18)38)45-25(40)10-3-14(31)21(36)15(32)4-10/h1-6,18-19,23,29-38H,7-8H2,(H,42,43). The number of carboxylic acids is 1. The van der Waals surface area contributed by atoms with Crippen molar-refractivity contribution in [2.75, 3.05) is 0 Å². The molecule has 0 amide bonds. The van der Waals surface area contributed by atoms with E-state index in [-0.39, 0.29) is 0 Å². The predicted molar refractivity (Wildman–Crippen MR) is 144 cm³/mol. The van der Waals surface area contributed by atoms with Gasteiger partial charge >= 0.3 is 23.9 Å². The number of carbonyl (C=O) groups excluding carboxylic acids is 3. The molecular weight excluding hydrogens is 624 g/mol. The summed E-state index contributed by atoms with van der Waals surface area (Å²) < 4.78 is 15.6. The van der Waals surface area contributed by atoms with Gasteiger partial charge in [0.25, 0.3) is 0 Å². The number of carboxylic acid groups (broad SMARTS) is 1. The van der Waals surface area contributed by atoms with E-state index in [2.05, 4.69) is 0 Å². The molecule has 1 aliphatic carbocycles. The Morgan fingerprint density at radius 2 is 0.826 bits per heavy atom. The van der Waals surface area contributed by atoms with E-state index in [9.17, 15) is 75.3 Å². The number of rotatable bonds is 7. The minimum atomic E-state index is -2.80. The molecule has 244 valence electrons. The van der Waals surface area contributed by atoms with Gasteiger partial charge in [-0.1, -0.05) is 0 Å². The number of ether oxygens (including phenoxy) is 3. The van der Waals surface area contributed by atoms with Gasteiger partial charge in [0.05, 0.1) is 16.7 Å². The van der Waals surface area contributed by atoms with Crippen molar-refractivity contribution in [1.29, 1.82) is 0 Å². The maximum Gasteiger partial charge on any atom is 0.348 e. The number of phenolic OH excluding ortho intramolecular Hbond substituents is 9. The normalized spacial score (nSPS) is 20.8. The van der Waals surface area contributed by atoms with E-state index in [0.717, 1.165) is 0 Å². The Morgan fingerprint density at radius 3 is 1.11 bits per heavy atom. The second-order valence-corrected chi connectivity index (χ2v) is 10.1. The summed E-state index contributed by atoms with van der Waals surface area (Å²) in [6, 6.07) is 3.86. The summed E-state index contributed by atoms with van der Waals surface area (Å²) in [5.41, 5.74) is -4.69. The first-order valence-electron chi connectivity index (χ1n) is 12.8.